The highest BCUT2D eigenvalue weighted by atomic mass is 127. The van der Waals surface area contributed by atoms with E-state index < -0.39 is 10.8 Å². The van der Waals surface area contributed by atoms with E-state index in [1.807, 2.05) is 31.2 Å². The van der Waals surface area contributed by atoms with Crippen LogP contribution in [0.5, 0.6) is 5.75 Å². The lowest BCUT2D eigenvalue weighted by molar-refractivity contribution is -0.130. The van der Waals surface area contributed by atoms with Crippen LogP contribution in [-0.2, 0) is 22.1 Å². The lowest BCUT2D eigenvalue weighted by atomic mass is 9.95. The standard InChI is InChI=1S/C21H34N4O3S.HI/c1-5-29(27)19-11-7-9-17(13-19)24-21(22-2)23-14-16-8-6-10-18(12-16)28-15-20(26)25(3)4;/h6,8,10,12,17,19H,5,7,9,11,13-15H2,1-4H3,(H2,22,23,24);1H. The summed E-state index contributed by atoms with van der Waals surface area (Å²) >= 11 is 0. The van der Waals surface area contributed by atoms with Crippen LogP contribution in [0.3, 0.4) is 0 Å². The van der Waals surface area contributed by atoms with E-state index in [0.717, 1.165) is 43.0 Å². The zero-order valence-electron chi connectivity index (χ0n) is 18.3. The van der Waals surface area contributed by atoms with Crippen molar-refractivity contribution in [2.75, 3.05) is 33.5 Å². The first-order chi connectivity index (χ1) is 13.9. The minimum atomic E-state index is -0.737. The van der Waals surface area contributed by atoms with Crippen LogP contribution >= 0.6 is 24.0 Å². The number of nitrogens with one attached hydrogen (secondary N) is 2. The third-order valence-corrected chi connectivity index (χ3v) is 6.81. The highest BCUT2D eigenvalue weighted by molar-refractivity contribution is 14.0. The minimum Gasteiger partial charge on any atom is -0.484 e. The van der Waals surface area contributed by atoms with Crippen molar-refractivity contribution in [1.82, 2.24) is 15.5 Å². The van der Waals surface area contributed by atoms with Crippen molar-refractivity contribution in [1.29, 1.82) is 0 Å². The second-order valence-electron chi connectivity index (χ2n) is 7.45. The number of aliphatic imine (C=N–C) groups is 1. The Kier molecular flexibility index (Phi) is 12.3. The van der Waals surface area contributed by atoms with Crippen molar-refractivity contribution in [3.8, 4) is 5.75 Å². The largest absolute Gasteiger partial charge is 0.484 e. The van der Waals surface area contributed by atoms with Crippen molar-refractivity contribution in [2.24, 2.45) is 4.99 Å². The fraction of sp³-hybridized carbons (Fsp3) is 0.619. The molecule has 9 heteroatoms. The molecule has 1 aliphatic carbocycles. The number of halogens is 1. The molecule has 2 N–H and O–H groups in total. The first-order valence-electron chi connectivity index (χ1n) is 10.2. The number of nitrogens with zero attached hydrogens (tertiary/aromatic N) is 2. The topological polar surface area (TPSA) is 83.0 Å². The van der Waals surface area contributed by atoms with Crippen LogP contribution in [0, 0.1) is 0 Å². The van der Waals surface area contributed by atoms with Crippen LogP contribution in [-0.4, -0.2) is 65.8 Å². The molecule has 1 amide bonds. The van der Waals surface area contributed by atoms with Crippen LogP contribution in [0.2, 0.25) is 0 Å². The van der Waals surface area contributed by atoms with Crippen LogP contribution in [0.4, 0.5) is 0 Å². The number of benzene rings is 1. The van der Waals surface area contributed by atoms with Gasteiger partial charge in [0.2, 0.25) is 0 Å². The average Bonchev–Trinajstić information content (AvgIpc) is 2.74. The number of rotatable bonds is 8. The van der Waals surface area contributed by atoms with Crippen molar-refractivity contribution < 1.29 is 13.7 Å². The van der Waals surface area contributed by atoms with Gasteiger partial charge in [-0.3, -0.25) is 14.0 Å². The maximum Gasteiger partial charge on any atom is 0.259 e. The second kappa shape index (κ2) is 13.8. The molecule has 1 aromatic carbocycles. The average molecular weight is 551 g/mol. The molecule has 0 radical (unpaired) electrons. The third kappa shape index (κ3) is 8.79. The number of carbonyl (C=O) groups excluding carboxylic acids is 1. The van der Waals surface area contributed by atoms with E-state index in [-0.39, 0.29) is 41.7 Å². The molecule has 1 aliphatic rings. The summed E-state index contributed by atoms with van der Waals surface area (Å²) < 4.78 is 17.7. The summed E-state index contributed by atoms with van der Waals surface area (Å²) in [6.07, 6.45) is 4.13. The van der Waals surface area contributed by atoms with Crippen LogP contribution in [0.15, 0.2) is 29.3 Å². The predicted molar refractivity (Wildman–Crippen MR) is 134 cm³/mol. The molecule has 1 aromatic rings. The van der Waals surface area contributed by atoms with Gasteiger partial charge in [0.05, 0.1) is 0 Å². The van der Waals surface area contributed by atoms with Gasteiger partial charge in [-0.15, -0.1) is 24.0 Å². The number of likely N-dealkylation sites (N-methyl/N-ethyl adjacent to an activating group) is 1. The molecule has 7 nitrogen and oxygen atoms in total. The Hall–Kier alpha value is -1.36. The molecule has 170 valence electrons. The predicted octanol–water partition coefficient (Wildman–Crippen LogP) is 2.52. The number of ether oxygens (including phenoxy) is 1. The fourth-order valence-electron chi connectivity index (χ4n) is 3.34. The van der Waals surface area contributed by atoms with E-state index in [1.54, 1.807) is 21.1 Å². The first kappa shape index (κ1) is 26.7. The third-order valence-electron chi connectivity index (χ3n) is 5.07. The Morgan fingerprint density at radius 2 is 2.10 bits per heavy atom. The van der Waals surface area contributed by atoms with Crippen LogP contribution in [0.25, 0.3) is 0 Å². The monoisotopic (exact) mass is 550 g/mol. The SMILES string of the molecule is CCS(=O)C1CCCC(NC(=NC)NCc2cccc(OCC(=O)N(C)C)c2)C1.I. The summed E-state index contributed by atoms with van der Waals surface area (Å²) in [5, 5.41) is 7.09. The summed E-state index contributed by atoms with van der Waals surface area (Å²) in [5.74, 6) is 2.06. The van der Waals surface area contributed by atoms with E-state index in [9.17, 15) is 9.00 Å². The lowest BCUT2D eigenvalue weighted by Gasteiger charge is -2.30. The Morgan fingerprint density at radius 3 is 2.77 bits per heavy atom. The van der Waals surface area contributed by atoms with Gasteiger partial charge in [-0.25, -0.2) is 0 Å². The van der Waals surface area contributed by atoms with Crippen molar-refractivity contribution in [3.63, 3.8) is 0 Å². The van der Waals surface area contributed by atoms with Crippen LogP contribution in [0.1, 0.15) is 38.2 Å². The molecule has 1 saturated carbocycles. The zero-order chi connectivity index (χ0) is 21.2. The Morgan fingerprint density at radius 1 is 1.33 bits per heavy atom. The quantitative estimate of drug-likeness (QED) is 0.296. The molecule has 0 heterocycles. The van der Waals surface area contributed by atoms with Gasteiger partial charge in [0.1, 0.15) is 5.75 Å². The van der Waals surface area contributed by atoms with Gasteiger partial charge in [-0.1, -0.05) is 25.5 Å². The zero-order valence-corrected chi connectivity index (χ0v) is 21.5. The molecular weight excluding hydrogens is 515 g/mol. The Balaban J connectivity index is 0.00000450. The Bertz CT molecular complexity index is 730. The molecule has 0 aliphatic heterocycles. The van der Waals surface area contributed by atoms with Crippen molar-refractivity contribution in [3.05, 3.63) is 29.8 Å². The van der Waals surface area contributed by atoms with E-state index in [4.69, 9.17) is 4.74 Å². The van der Waals surface area contributed by atoms with Gasteiger partial charge in [-0.05, 0) is 37.0 Å². The molecule has 1 fully saturated rings. The summed E-state index contributed by atoms with van der Waals surface area (Å²) in [4.78, 5) is 17.5. The number of amides is 1. The van der Waals surface area contributed by atoms with Gasteiger partial charge >= 0.3 is 0 Å². The normalized spacial score (nSPS) is 19.9. The summed E-state index contributed by atoms with van der Waals surface area (Å²) in [5.41, 5.74) is 1.04. The van der Waals surface area contributed by atoms with Gasteiger partial charge in [0, 0.05) is 55.5 Å². The summed E-state index contributed by atoms with van der Waals surface area (Å²) in [6, 6.07) is 7.97. The molecule has 0 saturated heterocycles. The van der Waals surface area contributed by atoms with E-state index in [2.05, 4.69) is 15.6 Å². The molecule has 2 rings (SSSR count). The van der Waals surface area contributed by atoms with Gasteiger partial charge < -0.3 is 20.3 Å². The summed E-state index contributed by atoms with van der Waals surface area (Å²) in [7, 11) is 4.43. The van der Waals surface area contributed by atoms with E-state index in [1.165, 1.54) is 4.90 Å². The highest BCUT2D eigenvalue weighted by Crippen LogP contribution is 2.23. The molecule has 0 bridgehead atoms. The number of carbonyl (C=O) groups is 1. The van der Waals surface area contributed by atoms with Gasteiger partial charge in [-0.2, -0.15) is 0 Å². The molecule has 30 heavy (non-hydrogen) atoms. The minimum absolute atomic E-state index is 0. The second-order valence-corrected chi connectivity index (χ2v) is 9.45. The maximum absolute atomic E-state index is 12.1. The number of hydrogen-bond donors (Lipinski definition) is 2. The lowest BCUT2D eigenvalue weighted by Crippen LogP contribution is -2.46. The molecule has 0 spiro atoms. The first-order valence-corrected chi connectivity index (χ1v) is 11.6. The van der Waals surface area contributed by atoms with E-state index in [0.29, 0.717) is 18.3 Å². The van der Waals surface area contributed by atoms with Gasteiger partial charge in [0.25, 0.3) is 5.91 Å². The van der Waals surface area contributed by atoms with Crippen molar-refractivity contribution >= 4 is 46.6 Å². The maximum atomic E-state index is 12.1. The molecule has 3 atom stereocenters. The van der Waals surface area contributed by atoms with Crippen molar-refractivity contribution in [2.45, 2.75) is 50.4 Å². The molecular formula is C21H35IN4O3S. The Labute approximate surface area is 199 Å². The van der Waals surface area contributed by atoms with Gasteiger partial charge in [0.15, 0.2) is 12.6 Å². The molecule has 3 unspecified atom stereocenters. The van der Waals surface area contributed by atoms with E-state index >= 15 is 0 Å². The fourth-order valence-corrected chi connectivity index (χ4v) is 4.69. The highest BCUT2D eigenvalue weighted by Gasteiger charge is 2.26. The summed E-state index contributed by atoms with van der Waals surface area (Å²) in [6.45, 7) is 2.60. The molecule has 0 aromatic heterocycles. The number of hydrogen-bond acceptors (Lipinski definition) is 4. The van der Waals surface area contributed by atoms with Crippen LogP contribution < -0.4 is 15.4 Å². The smallest absolute Gasteiger partial charge is 0.259 e. The number of guanidine groups is 1.